The van der Waals surface area contributed by atoms with Crippen molar-refractivity contribution in [2.45, 2.75) is 20.8 Å². The van der Waals surface area contributed by atoms with E-state index in [1.807, 2.05) is 0 Å². The number of ketones is 1. The molecule has 0 saturated heterocycles. The number of aryl methyl sites for hydroxylation is 2. The van der Waals surface area contributed by atoms with Crippen molar-refractivity contribution in [1.82, 2.24) is 10.3 Å². The van der Waals surface area contributed by atoms with Crippen LogP contribution in [0.25, 0.3) is 0 Å². The molecule has 0 aromatic carbocycles. The minimum absolute atomic E-state index is 0.0522. The Balaban J connectivity index is 1.94. The number of aromatic nitrogens is 1. The molecule has 0 aliphatic heterocycles. The lowest BCUT2D eigenvalue weighted by molar-refractivity contribution is -0.141. The van der Waals surface area contributed by atoms with Gasteiger partial charge in [-0.25, -0.2) is 4.79 Å². The van der Waals surface area contributed by atoms with E-state index in [4.69, 9.17) is 13.9 Å². The Labute approximate surface area is 155 Å². The average molecular weight is 376 g/mol. The second-order valence-corrected chi connectivity index (χ2v) is 5.59. The van der Waals surface area contributed by atoms with Crippen LogP contribution in [0.4, 0.5) is 0 Å². The Kier molecular flexibility index (Phi) is 6.53. The first-order chi connectivity index (χ1) is 12.8. The van der Waals surface area contributed by atoms with Crippen molar-refractivity contribution in [2.24, 2.45) is 0 Å². The van der Waals surface area contributed by atoms with Gasteiger partial charge < -0.3 is 24.2 Å². The molecular formula is C18H20N2O7. The van der Waals surface area contributed by atoms with Gasteiger partial charge in [0, 0.05) is 11.4 Å². The van der Waals surface area contributed by atoms with E-state index in [0.29, 0.717) is 11.4 Å². The molecule has 2 heterocycles. The lowest BCUT2D eigenvalue weighted by Crippen LogP contribution is -2.31. The van der Waals surface area contributed by atoms with Gasteiger partial charge in [-0.15, -0.1) is 0 Å². The summed E-state index contributed by atoms with van der Waals surface area (Å²) in [5, 5.41) is 2.31. The van der Waals surface area contributed by atoms with Gasteiger partial charge >= 0.3 is 11.9 Å². The van der Waals surface area contributed by atoms with E-state index in [9.17, 15) is 19.2 Å². The summed E-state index contributed by atoms with van der Waals surface area (Å²) in [4.78, 5) is 50.8. The molecule has 0 radical (unpaired) electrons. The number of Topliss-reactive ketones (excluding diaryl/α,β-unsaturated/α-hetero) is 1. The molecule has 0 saturated carbocycles. The zero-order valence-corrected chi connectivity index (χ0v) is 15.2. The van der Waals surface area contributed by atoms with Crippen LogP contribution in [0.2, 0.25) is 0 Å². The molecule has 0 atom stereocenters. The second kappa shape index (κ2) is 8.84. The highest BCUT2D eigenvalue weighted by molar-refractivity contribution is 6.09. The van der Waals surface area contributed by atoms with E-state index in [2.05, 4.69) is 10.3 Å². The number of hydrogen-bond acceptors (Lipinski definition) is 7. The predicted molar refractivity (Wildman–Crippen MR) is 92.6 cm³/mol. The highest BCUT2D eigenvalue weighted by Crippen LogP contribution is 2.20. The van der Waals surface area contributed by atoms with Crippen molar-refractivity contribution in [3.05, 3.63) is 46.7 Å². The molecule has 144 valence electrons. The molecule has 2 aromatic heterocycles. The predicted octanol–water partition coefficient (Wildman–Crippen LogP) is 1.56. The monoisotopic (exact) mass is 376 g/mol. The molecule has 2 rings (SSSR count). The molecule has 0 unspecified atom stereocenters. The number of ether oxygens (including phenoxy) is 2. The van der Waals surface area contributed by atoms with Crippen molar-refractivity contribution in [3.63, 3.8) is 0 Å². The molecule has 0 aliphatic carbocycles. The molecule has 0 fully saturated rings. The minimum atomic E-state index is -0.800. The third kappa shape index (κ3) is 4.84. The Bertz CT molecular complexity index is 849. The van der Waals surface area contributed by atoms with Gasteiger partial charge in [0.05, 0.1) is 24.0 Å². The lowest BCUT2D eigenvalue weighted by atomic mass is 10.1. The fourth-order valence-electron chi connectivity index (χ4n) is 2.50. The number of H-pyrrole nitrogens is 1. The summed E-state index contributed by atoms with van der Waals surface area (Å²) in [6.45, 7) is 4.11. The SMILES string of the molecule is CCOC(=O)c1c(C)[nH]c(C)c1C(=O)COC(=O)CNC(=O)c1ccco1. The molecule has 2 aromatic rings. The normalized spacial score (nSPS) is 10.3. The van der Waals surface area contributed by atoms with Gasteiger partial charge in [0.25, 0.3) is 5.91 Å². The highest BCUT2D eigenvalue weighted by Gasteiger charge is 2.26. The fraction of sp³-hybridized carbons (Fsp3) is 0.333. The van der Waals surface area contributed by atoms with Crippen LogP contribution in [0.3, 0.4) is 0 Å². The van der Waals surface area contributed by atoms with Crippen LogP contribution in [0.5, 0.6) is 0 Å². The Morgan fingerprint density at radius 1 is 1.11 bits per heavy atom. The number of rotatable bonds is 8. The van der Waals surface area contributed by atoms with Gasteiger partial charge in [0.1, 0.15) is 6.54 Å². The van der Waals surface area contributed by atoms with Crippen LogP contribution < -0.4 is 5.32 Å². The van der Waals surface area contributed by atoms with Gasteiger partial charge in [-0.3, -0.25) is 14.4 Å². The van der Waals surface area contributed by atoms with Gasteiger partial charge in [0.2, 0.25) is 5.78 Å². The largest absolute Gasteiger partial charge is 0.462 e. The number of aromatic amines is 1. The number of nitrogens with one attached hydrogen (secondary N) is 2. The molecule has 9 nitrogen and oxygen atoms in total. The van der Waals surface area contributed by atoms with Crippen LogP contribution >= 0.6 is 0 Å². The number of carbonyl (C=O) groups is 4. The maximum Gasteiger partial charge on any atom is 0.340 e. The van der Waals surface area contributed by atoms with E-state index in [1.54, 1.807) is 20.8 Å². The van der Waals surface area contributed by atoms with E-state index in [-0.39, 0.29) is 23.5 Å². The van der Waals surface area contributed by atoms with Crippen molar-refractivity contribution in [1.29, 1.82) is 0 Å². The third-order valence-corrected chi connectivity index (χ3v) is 3.64. The van der Waals surface area contributed by atoms with Crippen molar-refractivity contribution >= 4 is 23.6 Å². The van der Waals surface area contributed by atoms with E-state index >= 15 is 0 Å². The summed E-state index contributed by atoms with van der Waals surface area (Å²) >= 11 is 0. The Morgan fingerprint density at radius 2 is 1.81 bits per heavy atom. The van der Waals surface area contributed by atoms with Gasteiger partial charge in [-0.05, 0) is 32.9 Å². The number of furan rings is 1. The maximum absolute atomic E-state index is 12.4. The minimum Gasteiger partial charge on any atom is -0.462 e. The smallest absolute Gasteiger partial charge is 0.340 e. The summed E-state index contributed by atoms with van der Waals surface area (Å²) in [5.41, 5.74) is 1.22. The van der Waals surface area contributed by atoms with Crippen LogP contribution in [0.1, 0.15) is 49.6 Å². The molecule has 0 aliphatic rings. The van der Waals surface area contributed by atoms with Crippen LogP contribution in [-0.2, 0) is 14.3 Å². The average Bonchev–Trinajstić information content (AvgIpc) is 3.25. The fourth-order valence-corrected chi connectivity index (χ4v) is 2.50. The van der Waals surface area contributed by atoms with Crippen molar-refractivity contribution in [2.75, 3.05) is 19.8 Å². The Hall–Kier alpha value is -3.36. The lowest BCUT2D eigenvalue weighted by Gasteiger charge is -2.07. The first-order valence-electron chi connectivity index (χ1n) is 8.22. The third-order valence-electron chi connectivity index (χ3n) is 3.64. The van der Waals surface area contributed by atoms with E-state index in [1.165, 1.54) is 18.4 Å². The number of esters is 2. The second-order valence-electron chi connectivity index (χ2n) is 5.59. The number of amides is 1. The summed E-state index contributed by atoms with van der Waals surface area (Å²) in [5.74, 6) is -2.50. The molecule has 0 bridgehead atoms. The molecule has 1 amide bonds. The molecular weight excluding hydrogens is 356 g/mol. The van der Waals surface area contributed by atoms with Crippen LogP contribution in [0, 0.1) is 13.8 Å². The van der Waals surface area contributed by atoms with Crippen LogP contribution in [-0.4, -0.2) is 48.4 Å². The summed E-state index contributed by atoms with van der Waals surface area (Å²) < 4.78 is 14.7. The summed E-state index contributed by atoms with van der Waals surface area (Å²) in [7, 11) is 0. The first kappa shape index (κ1) is 20.0. The van der Waals surface area contributed by atoms with Gasteiger partial charge in [0.15, 0.2) is 12.4 Å². The number of hydrogen-bond donors (Lipinski definition) is 2. The van der Waals surface area contributed by atoms with Crippen LogP contribution in [0.15, 0.2) is 22.8 Å². The topological polar surface area (TPSA) is 128 Å². The Morgan fingerprint density at radius 3 is 2.44 bits per heavy atom. The standard InChI is InChI=1S/C18H20N2O7/c1-4-25-18(24)16-11(3)20-10(2)15(16)12(21)9-27-14(22)8-19-17(23)13-6-5-7-26-13/h5-7,20H,4,8-9H2,1-3H3,(H,19,23). The quantitative estimate of drug-likeness (QED) is 0.528. The van der Waals surface area contributed by atoms with E-state index < -0.39 is 36.8 Å². The molecule has 0 spiro atoms. The molecule has 27 heavy (non-hydrogen) atoms. The zero-order valence-electron chi connectivity index (χ0n) is 15.2. The van der Waals surface area contributed by atoms with Gasteiger partial charge in [-0.2, -0.15) is 0 Å². The first-order valence-corrected chi connectivity index (χ1v) is 8.22. The summed E-state index contributed by atoms with van der Waals surface area (Å²) in [6.07, 6.45) is 1.33. The van der Waals surface area contributed by atoms with Gasteiger partial charge in [-0.1, -0.05) is 0 Å². The molecule has 2 N–H and O–H groups in total. The maximum atomic E-state index is 12.4. The number of carbonyl (C=O) groups excluding carboxylic acids is 4. The highest BCUT2D eigenvalue weighted by atomic mass is 16.5. The van der Waals surface area contributed by atoms with E-state index in [0.717, 1.165) is 0 Å². The van der Waals surface area contributed by atoms with Crippen molar-refractivity contribution < 1.29 is 33.1 Å². The zero-order chi connectivity index (χ0) is 20.0. The summed E-state index contributed by atoms with van der Waals surface area (Å²) in [6, 6.07) is 2.98. The van der Waals surface area contributed by atoms with Crippen molar-refractivity contribution in [3.8, 4) is 0 Å². The molecule has 9 heteroatoms.